The van der Waals surface area contributed by atoms with E-state index in [1.54, 1.807) is 6.07 Å². The zero-order valence-electron chi connectivity index (χ0n) is 12.9. The summed E-state index contributed by atoms with van der Waals surface area (Å²) in [5, 5.41) is 9.41. The molecule has 0 saturated carbocycles. The number of aromatic nitrogens is 1. The standard InChI is InChI=1S/C16H19ClN4O2/c17-12-4-5-15(19-13(12)11-18)20-6-2-7-21(9-8-20)16(22)14-3-1-10-23-14/h4-5,14H,1-3,6-10H2. The lowest BCUT2D eigenvalue weighted by Crippen LogP contribution is -2.41. The van der Waals surface area contributed by atoms with Gasteiger partial charge in [-0.2, -0.15) is 5.26 Å². The van der Waals surface area contributed by atoms with Gasteiger partial charge >= 0.3 is 0 Å². The number of carbonyl (C=O) groups is 1. The van der Waals surface area contributed by atoms with E-state index in [0.29, 0.717) is 24.7 Å². The van der Waals surface area contributed by atoms with Crippen molar-refractivity contribution in [3.8, 4) is 6.07 Å². The summed E-state index contributed by atoms with van der Waals surface area (Å²) in [5.41, 5.74) is 0.237. The molecule has 0 spiro atoms. The smallest absolute Gasteiger partial charge is 0.251 e. The molecule has 0 bridgehead atoms. The van der Waals surface area contributed by atoms with Gasteiger partial charge in [0.2, 0.25) is 0 Å². The lowest BCUT2D eigenvalue weighted by molar-refractivity contribution is -0.140. The molecule has 122 valence electrons. The summed E-state index contributed by atoms with van der Waals surface area (Å²) in [6, 6.07) is 5.52. The Labute approximate surface area is 140 Å². The van der Waals surface area contributed by atoms with E-state index in [4.69, 9.17) is 21.6 Å². The van der Waals surface area contributed by atoms with Crippen LogP contribution >= 0.6 is 11.6 Å². The van der Waals surface area contributed by atoms with E-state index in [0.717, 1.165) is 38.2 Å². The molecule has 1 amide bonds. The van der Waals surface area contributed by atoms with Crippen LogP contribution in [0.25, 0.3) is 0 Å². The number of pyridine rings is 1. The average Bonchev–Trinajstić information content (AvgIpc) is 2.99. The van der Waals surface area contributed by atoms with Crippen LogP contribution < -0.4 is 4.90 Å². The minimum atomic E-state index is -0.264. The SMILES string of the molecule is N#Cc1nc(N2CCCN(C(=O)C3CCCO3)CC2)ccc1Cl. The fourth-order valence-corrected chi connectivity index (χ4v) is 3.18. The summed E-state index contributed by atoms with van der Waals surface area (Å²) < 4.78 is 5.50. The van der Waals surface area contributed by atoms with E-state index in [-0.39, 0.29) is 17.7 Å². The third kappa shape index (κ3) is 3.57. The normalized spacial score (nSPS) is 21.8. The monoisotopic (exact) mass is 334 g/mol. The third-order valence-electron chi connectivity index (χ3n) is 4.27. The van der Waals surface area contributed by atoms with Gasteiger partial charge in [0.25, 0.3) is 5.91 Å². The highest BCUT2D eigenvalue weighted by Gasteiger charge is 2.29. The van der Waals surface area contributed by atoms with Gasteiger partial charge in [0.05, 0.1) is 5.02 Å². The molecule has 23 heavy (non-hydrogen) atoms. The molecule has 2 aliphatic heterocycles. The number of rotatable bonds is 2. The van der Waals surface area contributed by atoms with Crippen LogP contribution in [0.3, 0.4) is 0 Å². The zero-order chi connectivity index (χ0) is 16.2. The number of amides is 1. The van der Waals surface area contributed by atoms with Crippen molar-refractivity contribution in [3.63, 3.8) is 0 Å². The van der Waals surface area contributed by atoms with Crippen LogP contribution in [0.2, 0.25) is 5.02 Å². The van der Waals surface area contributed by atoms with Gasteiger partial charge in [-0.05, 0) is 31.4 Å². The lowest BCUT2D eigenvalue weighted by atomic mass is 10.2. The second kappa shape index (κ2) is 7.16. The minimum absolute atomic E-state index is 0.103. The van der Waals surface area contributed by atoms with E-state index < -0.39 is 0 Å². The average molecular weight is 335 g/mol. The molecule has 0 aromatic carbocycles. The van der Waals surface area contributed by atoms with Gasteiger partial charge in [0, 0.05) is 32.8 Å². The largest absolute Gasteiger partial charge is 0.368 e. The Morgan fingerprint density at radius 3 is 2.91 bits per heavy atom. The Balaban J connectivity index is 1.66. The van der Waals surface area contributed by atoms with Gasteiger partial charge in [0.15, 0.2) is 5.69 Å². The fraction of sp³-hybridized carbons (Fsp3) is 0.562. The number of anilines is 1. The molecule has 1 aromatic heterocycles. The Morgan fingerprint density at radius 1 is 1.30 bits per heavy atom. The maximum absolute atomic E-state index is 12.4. The minimum Gasteiger partial charge on any atom is -0.368 e. The Hall–Kier alpha value is -1.84. The van der Waals surface area contributed by atoms with Crippen molar-refractivity contribution in [1.29, 1.82) is 5.26 Å². The number of halogens is 1. The number of ether oxygens (including phenoxy) is 1. The summed E-state index contributed by atoms with van der Waals surface area (Å²) in [5.74, 6) is 0.837. The number of carbonyl (C=O) groups excluding carboxylic acids is 1. The highest BCUT2D eigenvalue weighted by molar-refractivity contribution is 6.31. The van der Waals surface area contributed by atoms with Crippen molar-refractivity contribution in [2.24, 2.45) is 0 Å². The molecule has 2 fully saturated rings. The quantitative estimate of drug-likeness (QED) is 0.825. The summed E-state index contributed by atoms with van der Waals surface area (Å²) >= 11 is 5.93. The number of nitriles is 1. The fourth-order valence-electron chi connectivity index (χ4n) is 3.03. The zero-order valence-corrected chi connectivity index (χ0v) is 13.6. The number of hydrogen-bond donors (Lipinski definition) is 0. The van der Waals surface area contributed by atoms with Crippen LogP contribution in [0.1, 0.15) is 25.0 Å². The molecule has 1 aromatic rings. The Bertz CT molecular complexity index is 625. The van der Waals surface area contributed by atoms with Crippen LogP contribution in [0.4, 0.5) is 5.82 Å². The maximum Gasteiger partial charge on any atom is 0.251 e. The molecule has 0 aliphatic carbocycles. The van der Waals surface area contributed by atoms with Crippen molar-refractivity contribution >= 4 is 23.3 Å². The van der Waals surface area contributed by atoms with Crippen molar-refractivity contribution in [2.75, 3.05) is 37.7 Å². The predicted octanol–water partition coefficient (Wildman–Crippen LogP) is 1.82. The molecular weight excluding hydrogens is 316 g/mol. The molecule has 0 N–H and O–H groups in total. The number of hydrogen-bond acceptors (Lipinski definition) is 5. The molecule has 2 saturated heterocycles. The maximum atomic E-state index is 12.4. The number of nitrogens with zero attached hydrogens (tertiary/aromatic N) is 4. The second-order valence-corrected chi connectivity index (χ2v) is 6.19. The first-order valence-corrected chi connectivity index (χ1v) is 8.29. The van der Waals surface area contributed by atoms with E-state index in [9.17, 15) is 4.79 Å². The van der Waals surface area contributed by atoms with Gasteiger partial charge < -0.3 is 14.5 Å². The summed E-state index contributed by atoms with van der Waals surface area (Å²) in [6.45, 7) is 3.55. The van der Waals surface area contributed by atoms with Gasteiger partial charge in [-0.15, -0.1) is 0 Å². The molecule has 7 heteroatoms. The molecule has 3 rings (SSSR count). The first-order valence-electron chi connectivity index (χ1n) is 7.91. The molecule has 6 nitrogen and oxygen atoms in total. The van der Waals surface area contributed by atoms with Crippen LogP contribution in [-0.2, 0) is 9.53 Å². The van der Waals surface area contributed by atoms with E-state index in [1.807, 2.05) is 17.0 Å². The molecule has 3 heterocycles. The predicted molar refractivity (Wildman–Crippen MR) is 86.3 cm³/mol. The highest BCUT2D eigenvalue weighted by atomic mass is 35.5. The molecule has 0 radical (unpaired) electrons. The van der Waals surface area contributed by atoms with E-state index >= 15 is 0 Å². The lowest BCUT2D eigenvalue weighted by Gasteiger charge is -2.24. The van der Waals surface area contributed by atoms with E-state index in [1.165, 1.54) is 0 Å². The molecule has 1 unspecified atom stereocenters. The van der Waals surface area contributed by atoms with Crippen molar-refractivity contribution in [1.82, 2.24) is 9.88 Å². The summed E-state index contributed by atoms with van der Waals surface area (Å²) in [4.78, 5) is 20.7. The highest BCUT2D eigenvalue weighted by Crippen LogP contribution is 2.21. The first-order chi connectivity index (χ1) is 11.2. The van der Waals surface area contributed by atoms with E-state index in [2.05, 4.69) is 9.88 Å². The Kier molecular flexibility index (Phi) is 4.99. The Morgan fingerprint density at radius 2 is 2.17 bits per heavy atom. The molecule has 2 aliphatic rings. The van der Waals surface area contributed by atoms with Crippen molar-refractivity contribution in [3.05, 3.63) is 22.8 Å². The second-order valence-electron chi connectivity index (χ2n) is 5.78. The summed E-state index contributed by atoms with van der Waals surface area (Å²) in [6.07, 6.45) is 2.39. The third-order valence-corrected chi connectivity index (χ3v) is 4.58. The molecule has 1 atom stereocenters. The van der Waals surface area contributed by atoms with Crippen LogP contribution in [0.15, 0.2) is 12.1 Å². The first kappa shape index (κ1) is 16.0. The van der Waals surface area contributed by atoms with Crippen LogP contribution in [0.5, 0.6) is 0 Å². The summed E-state index contributed by atoms with van der Waals surface area (Å²) in [7, 11) is 0. The van der Waals surface area contributed by atoms with Crippen molar-refractivity contribution in [2.45, 2.75) is 25.4 Å². The van der Waals surface area contributed by atoms with Gasteiger partial charge in [-0.1, -0.05) is 11.6 Å². The van der Waals surface area contributed by atoms with Crippen molar-refractivity contribution < 1.29 is 9.53 Å². The van der Waals surface area contributed by atoms with Gasteiger partial charge in [-0.3, -0.25) is 4.79 Å². The van der Waals surface area contributed by atoms with Crippen LogP contribution in [-0.4, -0.2) is 54.7 Å². The topological polar surface area (TPSA) is 69.5 Å². The van der Waals surface area contributed by atoms with Gasteiger partial charge in [-0.25, -0.2) is 4.98 Å². The molecular formula is C16H19ClN4O2. The van der Waals surface area contributed by atoms with Crippen LogP contribution in [0, 0.1) is 11.3 Å². The van der Waals surface area contributed by atoms with Gasteiger partial charge in [0.1, 0.15) is 18.0 Å².